The van der Waals surface area contributed by atoms with Crippen molar-refractivity contribution in [1.29, 1.82) is 0 Å². The molecule has 0 atom stereocenters. The highest BCUT2D eigenvalue weighted by Crippen LogP contribution is 2.29. The van der Waals surface area contributed by atoms with Crippen LogP contribution in [-0.4, -0.2) is 53.9 Å². The van der Waals surface area contributed by atoms with Gasteiger partial charge in [0, 0.05) is 24.3 Å². The van der Waals surface area contributed by atoms with Crippen molar-refractivity contribution >= 4 is 57.3 Å². The number of morpholine rings is 1. The maximum atomic E-state index is 12.9. The summed E-state index contributed by atoms with van der Waals surface area (Å²) in [5.41, 5.74) is 9.39. The van der Waals surface area contributed by atoms with Gasteiger partial charge in [0.15, 0.2) is 5.70 Å². The smallest absolute Gasteiger partial charge is 0.359 e. The van der Waals surface area contributed by atoms with Gasteiger partial charge in [0.05, 0.1) is 41.1 Å². The molecule has 0 saturated carbocycles. The van der Waals surface area contributed by atoms with Crippen LogP contribution in [0.5, 0.6) is 0 Å². The topological polar surface area (TPSA) is 95.5 Å². The van der Waals surface area contributed by atoms with E-state index in [1.54, 1.807) is 25.1 Å². The third kappa shape index (κ3) is 4.32. The molecule has 0 unspecified atom stereocenters. The number of esters is 1. The summed E-state index contributed by atoms with van der Waals surface area (Å²) < 4.78 is 12.1. The molecule has 8 nitrogen and oxygen atoms in total. The quantitative estimate of drug-likeness (QED) is 0.459. The highest BCUT2D eigenvalue weighted by Gasteiger charge is 2.23. The second-order valence-electron chi connectivity index (χ2n) is 6.89. The number of nitrogens with two attached hydrogens (primary N) is 1. The molecular formula is C21H21Cl2N5O3. The standard InChI is InChI=1S/C21H21Cl2N5O3/c1-2-31-21(29)20(19(24)13-3-5-15(22)16(23)11-13)28-18-12-14(4-6-17(18)25-26-28)27-7-9-30-10-8-27/h3-6,11-12H,2,7-10,24H2,1H3/b20-19+. The van der Waals surface area contributed by atoms with Crippen LogP contribution in [0, 0.1) is 0 Å². The fourth-order valence-electron chi connectivity index (χ4n) is 3.40. The highest BCUT2D eigenvalue weighted by atomic mass is 35.5. The number of hydrogen-bond donors (Lipinski definition) is 1. The Morgan fingerprint density at radius 1 is 1.16 bits per heavy atom. The minimum absolute atomic E-state index is 0.0573. The lowest BCUT2D eigenvalue weighted by molar-refractivity contribution is -0.136. The van der Waals surface area contributed by atoms with Gasteiger partial charge in [-0.1, -0.05) is 34.5 Å². The van der Waals surface area contributed by atoms with Gasteiger partial charge in [-0.05, 0) is 37.3 Å². The summed E-state index contributed by atoms with van der Waals surface area (Å²) in [7, 11) is 0. The molecule has 3 aromatic rings. The lowest BCUT2D eigenvalue weighted by Crippen LogP contribution is -2.36. The van der Waals surface area contributed by atoms with Crippen molar-refractivity contribution in [1.82, 2.24) is 15.0 Å². The lowest BCUT2D eigenvalue weighted by Gasteiger charge is -2.28. The zero-order valence-electron chi connectivity index (χ0n) is 16.8. The van der Waals surface area contributed by atoms with Crippen LogP contribution in [0.2, 0.25) is 10.0 Å². The molecule has 4 rings (SSSR count). The number of anilines is 1. The lowest BCUT2D eigenvalue weighted by atomic mass is 10.1. The Kier molecular flexibility index (Phi) is 6.31. The molecule has 1 saturated heterocycles. The summed E-state index contributed by atoms with van der Waals surface area (Å²) in [6.07, 6.45) is 0. The predicted molar refractivity (Wildman–Crippen MR) is 121 cm³/mol. The molecule has 0 bridgehead atoms. The van der Waals surface area contributed by atoms with E-state index in [1.165, 1.54) is 4.68 Å². The third-order valence-electron chi connectivity index (χ3n) is 4.97. The van der Waals surface area contributed by atoms with Gasteiger partial charge >= 0.3 is 5.97 Å². The van der Waals surface area contributed by atoms with Crippen molar-refractivity contribution in [2.24, 2.45) is 5.73 Å². The molecule has 1 fully saturated rings. The number of aromatic nitrogens is 3. The van der Waals surface area contributed by atoms with Crippen LogP contribution in [0.15, 0.2) is 36.4 Å². The van der Waals surface area contributed by atoms with Gasteiger partial charge in [0.2, 0.25) is 0 Å². The van der Waals surface area contributed by atoms with Crippen molar-refractivity contribution < 1.29 is 14.3 Å². The summed E-state index contributed by atoms with van der Waals surface area (Å²) in [4.78, 5) is 15.1. The van der Waals surface area contributed by atoms with Crippen LogP contribution >= 0.6 is 23.2 Å². The molecule has 162 valence electrons. The minimum atomic E-state index is -0.616. The molecule has 1 aliphatic rings. The van der Waals surface area contributed by atoms with Crippen LogP contribution in [0.25, 0.3) is 22.4 Å². The molecule has 2 heterocycles. The number of carbonyl (C=O) groups is 1. The van der Waals surface area contributed by atoms with Gasteiger partial charge in [0.25, 0.3) is 0 Å². The van der Waals surface area contributed by atoms with Gasteiger partial charge in [-0.15, -0.1) is 5.10 Å². The minimum Gasteiger partial charge on any atom is -0.461 e. The molecule has 0 aliphatic carbocycles. The number of nitrogens with zero attached hydrogens (tertiary/aromatic N) is 4. The predicted octanol–water partition coefficient (Wildman–Crippen LogP) is 3.42. The van der Waals surface area contributed by atoms with Crippen LogP contribution in [0.4, 0.5) is 5.69 Å². The largest absolute Gasteiger partial charge is 0.461 e. The number of hydrogen-bond acceptors (Lipinski definition) is 7. The molecule has 2 N–H and O–H groups in total. The zero-order chi connectivity index (χ0) is 22.0. The van der Waals surface area contributed by atoms with Crippen LogP contribution in [0.1, 0.15) is 12.5 Å². The molecule has 1 aliphatic heterocycles. The Bertz CT molecular complexity index is 1160. The van der Waals surface area contributed by atoms with Crippen molar-refractivity contribution in [3.63, 3.8) is 0 Å². The summed E-state index contributed by atoms with van der Waals surface area (Å²) in [5.74, 6) is -0.616. The Morgan fingerprint density at radius 2 is 1.94 bits per heavy atom. The molecule has 0 spiro atoms. The van der Waals surface area contributed by atoms with E-state index >= 15 is 0 Å². The van der Waals surface area contributed by atoms with Crippen LogP contribution in [0.3, 0.4) is 0 Å². The van der Waals surface area contributed by atoms with Crippen molar-refractivity contribution in [2.75, 3.05) is 37.8 Å². The SMILES string of the molecule is CCOC(=O)/C(=C(\N)c1ccc(Cl)c(Cl)c1)n1nnc2ccc(N3CCOCC3)cc21. The molecule has 1 aromatic heterocycles. The number of rotatable bonds is 5. The number of fused-ring (bicyclic) bond motifs is 1. The summed E-state index contributed by atoms with van der Waals surface area (Å²) in [5, 5.41) is 9.11. The van der Waals surface area contributed by atoms with Gasteiger partial charge in [-0.3, -0.25) is 0 Å². The van der Waals surface area contributed by atoms with E-state index in [9.17, 15) is 4.79 Å². The molecule has 31 heavy (non-hydrogen) atoms. The summed E-state index contributed by atoms with van der Waals surface area (Å²) in [6.45, 7) is 4.78. The number of carbonyl (C=O) groups excluding carboxylic acids is 1. The van der Waals surface area contributed by atoms with E-state index < -0.39 is 5.97 Å². The Morgan fingerprint density at radius 3 is 2.65 bits per heavy atom. The first kappa shape index (κ1) is 21.4. The maximum absolute atomic E-state index is 12.9. The second kappa shape index (κ2) is 9.13. The molecule has 0 amide bonds. The average Bonchev–Trinajstić information content (AvgIpc) is 3.19. The van der Waals surface area contributed by atoms with Gasteiger partial charge in [-0.25, -0.2) is 9.48 Å². The van der Waals surface area contributed by atoms with Gasteiger partial charge in [-0.2, -0.15) is 0 Å². The van der Waals surface area contributed by atoms with E-state index in [1.807, 2.05) is 18.2 Å². The zero-order valence-corrected chi connectivity index (χ0v) is 18.4. The fraction of sp³-hybridized carbons (Fsp3) is 0.286. The average molecular weight is 462 g/mol. The Hall–Kier alpha value is -2.81. The van der Waals surface area contributed by atoms with E-state index in [0.717, 1.165) is 18.8 Å². The van der Waals surface area contributed by atoms with Gasteiger partial charge in [0.1, 0.15) is 5.52 Å². The van der Waals surface area contributed by atoms with E-state index in [4.69, 9.17) is 38.4 Å². The van der Waals surface area contributed by atoms with Crippen molar-refractivity contribution in [3.8, 4) is 0 Å². The van der Waals surface area contributed by atoms with E-state index in [-0.39, 0.29) is 18.0 Å². The Labute approximate surface area is 189 Å². The first-order valence-corrected chi connectivity index (χ1v) is 10.6. The maximum Gasteiger partial charge on any atom is 0.359 e. The highest BCUT2D eigenvalue weighted by molar-refractivity contribution is 6.42. The normalized spacial score (nSPS) is 15.1. The monoisotopic (exact) mass is 461 g/mol. The third-order valence-corrected chi connectivity index (χ3v) is 5.71. The summed E-state index contributed by atoms with van der Waals surface area (Å²) in [6, 6.07) is 10.7. The second-order valence-corrected chi connectivity index (χ2v) is 7.70. The number of ether oxygens (including phenoxy) is 2. The number of halogens is 2. The van der Waals surface area contributed by atoms with Gasteiger partial charge < -0.3 is 20.1 Å². The molecule has 2 aromatic carbocycles. The van der Waals surface area contributed by atoms with Crippen LogP contribution < -0.4 is 10.6 Å². The molecule has 0 radical (unpaired) electrons. The molecular weight excluding hydrogens is 441 g/mol. The fourth-order valence-corrected chi connectivity index (χ4v) is 3.70. The number of benzene rings is 2. The molecule has 10 heteroatoms. The van der Waals surface area contributed by atoms with E-state index in [0.29, 0.717) is 39.9 Å². The van der Waals surface area contributed by atoms with Crippen LogP contribution in [-0.2, 0) is 14.3 Å². The first-order valence-electron chi connectivity index (χ1n) is 9.80. The van der Waals surface area contributed by atoms with Crippen molar-refractivity contribution in [2.45, 2.75) is 6.92 Å². The van der Waals surface area contributed by atoms with Crippen molar-refractivity contribution in [3.05, 3.63) is 52.0 Å². The first-order chi connectivity index (χ1) is 15.0. The summed E-state index contributed by atoms with van der Waals surface area (Å²) >= 11 is 12.2. The Balaban J connectivity index is 1.86. The van der Waals surface area contributed by atoms with E-state index in [2.05, 4.69) is 15.2 Å².